The number of amides is 1. The van der Waals surface area contributed by atoms with Crippen molar-refractivity contribution in [2.24, 2.45) is 0 Å². The van der Waals surface area contributed by atoms with Crippen molar-refractivity contribution in [1.82, 2.24) is 4.90 Å². The Hall–Kier alpha value is -1.73. The second-order valence-electron chi connectivity index (χ2n) is 5.13. The van der Waals surface area contributed by atoms with Crippen LogP contribution < -0.4 is 5.32 Å². The van der Waals surface area contributed by atoms with Gasteiger partial charge in [-0.25, -0.2) is 0 Å². The molecule has 0 bridgehead atoms. The summed E-state index contributed by atoms with van der Waals surface area (Å²) in [5, 5.41) is 12.6. The predicted octanol–water partition coefficient (Wildman–Crippen LogP) is 2.39. The van der Waals surface area contributed by atoms with Crippen LogP contribution in [0.4, 0.5) is 5.69 Å². The van der Waals surface area contributed by atoms with Crippen LogP contribution in [0.2, 0.25) is 5.02 Å². The minimum absolute atomic E-state index is 0.136. The van der Waals surface area contributed by atoms with E-state index in [4.69, 9.17) is 16.9 Å². The second kappa shape index (κ2) is 4.75. The maximum absolute atomic E-state index is 11.8. The van der Waals surface area contributed by atoms with Crippen LogP contribution in [0.3, 0.4) is 0 Å². The molecule has 0 spiro atoms. The van der Waals surface area contributed by atoms with Gasteiger partial charge in [0.1, 0.15) is 6.07 Å². The van der Waals surface area contributed by atoms with Crippen LogP contribution >= 0.6 is 11.6 Å². The fraction of sp³-hybridized carbons (Fsp3) is 0.429. The van der Waals surface area contributed by atoms with Gasteiger partial charge >= 0.3 is 0 Å². The zero-order chi connectivity index (χ0) is 13.4. The molecule has 0 radical (unpaired) electrons. The van der Waals surface area contributed by atoms with E-state index in [0.717, 1.165) is 25.1 Å². The van der Waals surface area contributed by atoms with E-state index in [1.807, 2.05) is 17.0 Å². The highest BCUT2D eigenvalue weighted by molar-refractivity contribution is 6.32. The normalized spacial score (nSPS) is 22.4. The molecule has 98 valence electrons. The van der Waals surface area contributed by atoms with Crippen LogP contribution in [0.25, 0.3) is 0 Å². The van der Waals surface area contributed by atoms with Crippen molar-refractivity contribution in [3.8, 4) is 6.07 Å². The molecule has 1 heterocycles. The highest BCUT2D eigenvalue weighted by atomic mass is 35.5. The summed E-state index contributed by atoms with van der Waals surface area (Å²) in [6.07, 6.45) is 2.82. The van der Waals surface area contributed by atoms with Crippen LogP contribution in [0.5, 0.6) is 0 Å². The zero-order valence-corrected chi connectivity index (χ0v) is 11.2. The molecular weight excluding hydrogens is 262 g/mol. The number of likely N-dealkylation sites (tertiary alicyclic amines) is 1. The summed E-state index contributed by atoms with van der Waals surface area (Å²) in [5.41, 5.74) is 1.33. The Morgan fingerprint density at radius 2 is 2.21 bits per heavy atom. The maximum Gasteiger partial charge on any atom is 0.225 e. The zero-order valence-electron chi connectivity index (χ0n) is 10.4. The fourth-order valence-corrected chi connectivity index (χ4v) is 2.72. The van der Waals surface area contributed by atoms with Crippen molar-refractivity contribution in [3.05, 3.63) is 28.8 Å². The number of rotatable bonds is 3. The van der Waals surface area contributed by atoms with Crippen molar-refractivity contribution in [1.29, 1.82) is 5.26 Å². The Labute approximate surface area is 117 Å². The summed E-state index contributed by atoms with van der Waals surface area (Å²) < 4.78 is 0. The van der Waals surface area contributed by atoms with E-state index in [0.29, 0.717) is 23.0 Å². The molecule has 5 heteroatoms. The molecule has 1 amide bonds. The number of halogens is 1. The monoisotopic (exact) mass is 275 g/mol. The third-order valence-corrected chi connectivity index (χ3v) is 3.92. The molecule has 1 aliphatic heterocycles. The van der Waals surface area contributed by atoms with Crippen molar-refractivity contribution < 1.29 is 4.79 Å². The van der Waals surface area contributed by atoms with Gasteiger partial charge in [0.15, 0.2) is 0 Å². The fourth-order valence-electron chi connectivity index (χ4n) is 2.50. The molecule has 19 heavy (non-hydrogen) atoms. The standard InChI is InChI=1S/C14H14ClN3O/c15-13-5-10(2-1-9(13)7-16)17-11-6-14(19)18(8-11)12-3-4-12/h1-2,5,11-12,17H,3-4,6,8H2. The first-order chi connectivity index (χ1) is 9.17. The molecule has 3 rings (SSSR count). The molecule has 1 N–H and O–H groups in total. The van der Waals surface area contributed by atoms with Gasteiger partial charge in [0.05, 0.1) is 16.6 Å². The van der Waals surface area contributed by atoms with Crippen molar-refractivity contribution in [2.75, 3.05) is 11.9 Å². The predicted molar refractivity (Wildman–Crippen MR) is 72.9 cm³/mol. The van der Waals surface area contributed by atoms with Gasteiger partial charge < -0.3 is 10.2 Å². The topological polar surface area (TPSA) is 56.1 Å². The average Bonchev–Trinajstić information content (AvgIpc) is 3.15. The third kappa shape index (κ3) is 2.52. The number of anilines is 1. The third-order valence-electron chi connectivity index (χ3n) is 3.61. The lowest BCUT2D eigenvalue weighted by Crippen LogP contribution is -2.29. The van der Waals surface area contributed by atoms with Gasteiger partial charge in [-0.1, -0.05) is 11.6 Å². The molecule has 1 saturated heterocycles. The minimum atomic E-state index is 0.136. The summed E-state index contributed by atoms with van der Waals surface area (Å²) in [7, 11) is 0. The summed E-state index contributed by atoms with van der Waals surface area (Å²) >= 11 is 5.99. The lowest BCUT2D eigenvalue weighted by Gasteiger charge is -2.17. The van der Waals surface area contributed by atoms with E-state index < -0.39 is 0 Å². The lowest BCUT2D eigenvalue weighted by atomic mass is 10.2. The van der Waals surface area contributed by atoms with Gasteiger partial charge in [0.2, 0.25) is 5.91 Å². The summed E-state index contributed by atoms with van der Waals surface area (Å²) in [4.78, 5) is 13.8. The van der Waals surface area contributed by atoms with Gasteiger partial charge in [0, 0.05) is 24.7 Å². The molecule has 1 unspecified atom stereocenters. The van der Waals surface area contributed by atoms with Gasteiger partial charge in [-0.2, -0.15) is 5.26 Å². The molecule has 4 nitrogen and oxygen atoms in total. The molecule has 2 fully saturated rings. The smallest absolute Gasteiger partial charge is 0.225 e. The van der Waals surface area contributed by atoms with E-state index in [2.05, 4.69) is 5.32 Å². The second-order valence-corrected chi connectivity index (χ2v) is 5.54. The van der Waals surface area contributed by atoms with E-state index in [1.165, 1.54) is 0 Å². The first-order valence-electron chi connectivity index (χ1n) is 6.43. The van der Waals surface area contributed by atoms with Crippen molar-refractivity contribution in [3.63, 3.8) is 0 Å². The Kier molecular flexibility index (Phi) is 3.08. The van der Waals surface area contributed by atoms with Gasteiger partial charge in [0.25, 0.3) is 0 Å². The SMILES string of the molecule is N#Cc1ccc(NC2CC(=O)N(C3CC3)C2)cc1Cl. The number of nitriles is 1. The summed E-state index contributed by atoms with van der Waals surface area (Å²) in [6.45, 7) is 0.765. The first-order valence-corrected chi connectivity index (χ1v) is 6.81. The number of benzene rings is 1. The minimum Gasteiger partial charge on any atom is -0.380 e. The first kappa shape index (κ1) is 12.3. The Morgan fingerprint density at radius 3 is 2.84 bits per heavy atom. The maximum atomic E-state index is 11.8. The van der Waals surface area contributed by atoms with Crippen LogP contribution in [0.1, 0.15) is 24.8 Å². The van der Waals surface area contributed by atoms with Crippen LogP contribution in [0.15, 0.2) is 18.2 Å². The Bertz CT molecular complexity index is 562. The summed E-state index contributed by atoms with van der Waals surface area (Å²) in [6, 6.07) is 7.91. The highest BCUT2D eigenvalue weighted by Gasteiger charge is 2.39. The molecule has 1 atom stereocenters. The Morgan fingerprint density at radius 1 is 1.42 bits per heavy atom. The number of hydrogen-bond donors (Lipinski definition) is 1. The average molecular weight is 276 g/mol. The van der Waals surface area contributed by atoms with Crippen LogP contribution in [0, 0.1) is 11.3 Å². The Balaban J connectivity index is 1.67. The molecule has 1 saturated carbocycles. The molecule has 1 aromatic carbocycles. The molecule has 0 aromatic heterocycles. The largest absolute Gasteiger partial charge is 0.380 e. The number of carbonyl (C=O) groups excluding carboxylic acids is 1. The quantitative estimate of drug-likeness (QED) is 0.921. The van der Waals surface area contributed by atoms with Crippen molar-refractivity contribution in [2.45, 2.75) is 31.3 Å². The highest BCUT2D eigenvalue weighted by Crippen LogP contribution is 2.31. The van der Waals surface area contributed by atoms with E-state index in [9.17, 15) is 4.79 Å². The van der Waals surface area contributed by atoms with Gasteiger partial charge in [-0.3, -0.25) is 4.79 Å². The molecule has 1 aromatic rings. The molecule has 1 aliphatic carbocycles. The van der Waals surface area contributed by atoms with Crippen LogP contribution in [-0.4, -0.2) is 29.4 Å². The number of nitrogens with zero attached hydrogens (tertiary/aromatic N) is 2. The molecular formula is C14H14ClN3O. The van der Waals surface area contributed by atoms with E-state index >= 15 is 0 Å². The van der Waals surface area contributed by atoms with E-state index in [-0.39, 0.29) is 11.9 Å². The molecule has 2 aliphatic rings. The van der Waals surface area contributed by atoms with Gasteiger partial charge in [-0.15, -0.1) is 0 Å². The lowest BCUT2D eigenvalue weighted by molar-refractivity contribution is -0.128. The van der Waals surface area contributed by atoms with E-state index in [1.54, 1.807) is 12.1 Å². The van der Waals surface area contributed by atoms with Crippen LogP contribution in [-0.2, 0) is 4.79 Å². The van der Waals surface area contributed by atoms with Gasteiger partial charge in [-0.05, 0) is 31.0 Å². The summed E-state index contributed by atoms with van der Waals surface area (Å²) in [5.74, 6) is 0.236. The number of nitrogens with one attached hydrogen (secondary N) is 1. The number of carbonyl (C=O) groups is 1. The number of hydrogen-bond acceptors (Lipinski definition) is 3. The van der Waals surface area contributed by atoms with Crippen molar-refractivity contribution >= 4 is 23.2 Å².